The molecule has 0 saturated carbocycles. The normalized spacial score (nSPS) is 14.0. The average Bonchev–Trinajstić information content (AvgIpc) is 3.02. The highest BCUT2D eigenvalue weighted by Gasteiger charge is 2.28. The van der Waals surface area contributed by atoms with Gasteiger partial charge in [-0.3, -0.25) is 19.1 Å². The number of rotatable bonds is 7. The molecule has 0 spiro atoms. The summed E-state index contributed by atoms with van der Waals surface area (Å²) in [6.45, 7) is 2.67. The van der Waals surface area contributed by atoms with Crippen molar-refractivity contribution >= 4 is 28.6 Å². The monoisotopic (exact) mass is 564 g/mol. The fraction of sp³-hybridized carbons (Fsp3) is 0.182. The zero-order chi connectivity index (χ0) is 28.2. The molecule has 2 heterocycles. The molecule has 1 aromatic heterocycles. The molecule has 1 aliphatic heterocycles. The van der Waals surface area contributed by atoms with Crippen LogP contribution < -0.4 is 5.56 Å². The van der Waals surface area contributed by atoms with Crippen LogP contribution in [0.2, 0.25) is 0 Å². The SMILES string of the molecule is O=C(CSc1nc2ccccc2c(=O)n1-c1ccccc1F)N1CCN(C(c2ccccc2)c2ccccc2)CC1. The van der Waals surface area contributed by atoms with Crippen LogP contribution >= 0.6 is 11.8 Å². The summed E-state index contributed by atoms with van der Waals surface area (Å²) in [7, 11) is 0. The lowest BCUT2D eigenvalue weighted by molar-refractivity contribution is -0.130. The summed E-state index contributed by atoms with van der Waals surface area (Å²) < 4.78 is 16.1. The van der Waals surface area contributed by atoms with Crippen molar-refractivity contribution in [3.63, 3.8) is 0 Å². The summed E-state index contributed by atoms with van der Waals surface area (Å²) in [6, 6.07) is 34.1. The van der Waals surface area contributed by atoms with Crippen LogP contribution in [-0.4, -0.2) is 57.2 Å². The summed E-state index contributed by atoms with van der Waals surface area (Å²) in [6.07, 6.45) is 0. The molecule has 0 unspecified atom stereocenters. The first-order chi connectivity index (χ1) is 20.1. The zero-order valence-electron chi connectivity index (χ0n) is 22.4. The predicted octanol–water partition coefficient (Wildman–Crippen LogP) is 5.55. The molecular weight excluding hydrogens is 535 g/mol. The van der Waals surface area contributed by atoms with Gasteiger partial charge in [0.25, 0.3) is 5.56 Å². The highest BCUT2D eigenvalue weighted by atomic mass is 32.2. The molecule has 0 bridgehead atoms. The smallest absolute Gasteiger partial charge is 0.266 e. The second-order valence-electron chi connectivity index (χ2n) is 9.93. The Balaban J connectivity index is 1.19. The third kappa shape index (κ3) is 5.66. The molecule has 5 aromatic rings. The molecule has 0 atom stereocenters. The molecule has 1 amide bonds. The van der Waals surface area contributed by atoms with Crippen LogP contribution in [0.5, 0.6) is 0 Å². The molecule has 206 valence electrons. The van der Waals surface area contributed by atoms with Gasteiger partial charge in [0.2, 0.25) is 5.91 Å². The Kier molecular flexibility index (Phi) is 7.93. The Labute approximate surface area is 242 Å². The van der Waals surface area contributed by atoms with E-state index in [4.69, 9.17) is 0 Å². The van der Waals surface area contributed by atoms with Gasteiger partial charge in [-0.15, -0.1) is 0 Å². The zero-order valence-corrected chi connectivity index (χ0v) is 23.2. The minimum absolute atomic E-state index is 0.0342. The van der Waals surface area contributed by atoms with Gasteiger partial charge in [-0.25, -0.2) is 9.37 Å². The van der Waals surface area contributed by atoms with E-state index in [1.54, 1.807) is 42.5 Å². The summed E-state index contributed by atoms with van der Waals surface area (Å²) in [5.74, 6) is -0.462. The molecule has 1 aliphatic rings. The molecule has 6 nitrogen and oxygen atoms in total. The number of hydrogen-bond donors (Lipinski definition) is 0. The fourth-order valence-electron chi connectivity index (χ4n) is 5.39. The molecule has 8 heteroatoms. The van der Waals surface area contributed by atoms with E-state index in [0.717, 1.165) is 24.9 Å². The standard InChI is InChI=1S/C33H29FN4O2S/c34-27-16-8-10-18-29(27)38-32(40)26-15-7-9-17-28(26)35-33(38)41-23-30(39)36-19-21-37(22-20-36)31(24-11-3-1-4-12-24)25-13-5-2-6-14-25/h1-18,31H,19-23H2. The number of amides is 1. The number of fused-ring (bicyclic) bond motifs is 1. The van der Waals surface area contributed by atoms with Gasteiger partial charge in [-0.2, -0.15) is 0 Å². The molecule has 0 aliphatic carbocycles. The van der Waals surface area contributed by atoms with E-state index in [-0.39, 0.29) is 28.9 Å². The third-order valence-corrected chi connectivity index (χ3v) is 8.35. The highest BCUT2D eigenvalue weighted by Crippen LogP contribution is 2.30. The van der Waals surface area contributed by atoms with Crippen LogP contribution in [0.3, 0.4) is 0 Å². The van der Waals surface area contributed by atoms with E-state index in [9.17, 15) is 14.0 Å². The largest absolute Gasteiger partial charge is 0.339 e. The predicted molar refractivity (Wildman–Crippen MR) is 161 cm³/mol. The van der Waals surface area contributed by atoms with Crippen molar-refractivity contribution in [3.8, 4) is 5.69 Å². The second-order valence-corrected chi connectivity index (χ2v) is 10.9. The molecule has 0 N–H and O–H groups in total. The van der Waals surface area contributed by atoms with E-state index in [1.165, 1.54) is 21.8 Å². The number of piperazine rings is 1. The maximum atomic E-state index is 14.8. The molecule has 6 rings (SSSR count). The van der Waals surface area contributed by atoms with Gasteiger partial charge in [0.15, 0.2) is 5.16 Å². The lowest BCUT2D eigenvalue weighted by Crippen LogP contribution is -2.50. The summed E-state index contributed by atoms with van der Waals surface area (Å²) in [4.78, 5) is 35.7. The lowest BCUT2D eigenvalue weighted by Gasteiger charge is -2.39. The van der Waals surface area contributed by atoms with Crippen LogP contribution in [0.4, 0.5) is 4.39 Å². The van der Waals surface area contributed by atoms with E-state index >= 15 is 0 Å². The van der Waals surface area contributed by atoms with Crippen LogP contribution in [-0.2, 0) is 4.79 Å². The fourth-order valence-corrected chi connectivity index (χ4v) is 6.29. The molecule has 0 radical (unpaired) electrons. The topological polar surface area (TPSA) is 58.4 Å². The number of carbonyl (C=O) groups excluding carboxylic acids is 1. The maximum absolute atomic E-state index is 14.8. The molecule has 1 saturated heterocycles. The Bertz CT molecular complexity index is 1680. The molecule has 4 aromatic carbocycles. The number of nitrogens with zero attached hydrogens (tertiary/aromatic N) is 4. The Morgan fingerprint density at radius 2 is 1.37 bits per heavy atom. The first-order valence-corrected chi connectivity index (χ1v) is 14.6. The van der Waals surface area contributed by atoms with Crippen molar-refractivity contribution in [1.29, 1.82) is 0 Å². The number of halogens is 1. The third-order valence-electron chi connectivity index (χ3n) is 7.43. The van der Waals surface area contributed by atoms with Crippen molar-refractivity contribution in [2.24, 2.45) is 0 Å². The number of benzene rings is 4. The summed E-state index contributed by atoms with van der Waals surface area (Å²) >= 11 is 1.16. The van der Waals surface area contributed by atoms with Gasteiger partial charge >= 0.3 is 0 Å². The van der Waals surface area contributed by atoms with Crippen LogP contribution in [0, 0.1) is 5.82 Å². The van der Waals surface area contributed by atoms with Gasteiger partial charge in [-0.1, -0.05) is 96.7 Å². The molecule has 41 heavy (non-hydrogen) atoms. The number of para-hydroxylation sites is 2. The second kappa shape index (κ2) is 12.1. The Hall–Kier alpha value is -4.27. The Morgan fingerprint density at radius 3 is 2.02 bits per heavy atom. The van der Waals surface area contributed by atoms with Crippen molar-refractivity contribution in [1.82, 2.24) is 19.4 Å². The van der Waals surface area contributed by atoms with Gasteiger partial charge in [0.1, 0.15) is 5.82 Å². The van der Waals surface area contributed by atoms with E-state index in [2.05, 4.69) is 58.4 Å². The number of hydrogen-bond acceptors (Lipinski definition) is 5. The minimum Gasteiger partial charge on any atom is -0.339 e. The first-order valence-electron chi connectivity index (χ1n) is 13.6. The van der Waals surface area contributed by atoms with E-state index < -0.39 is 5.82 Å². The van der Waals surface area contributed by atoms with Crippen molar-refractivity contribution in [3.05, 3.63) is 136 Å². The summed E-state index contributed by atoms with van der Waals surface area (Å²) in [5.41, 5.74) is 2.72. The quantitative estimate of drug-likeness (QED) is 0.192. The van der Waals surface area contributed by atoms with Gasteiger partial charge < -0.3 is 4.90 Å². The summed E-state index contributed by atoms with van der Waals surface area (Å²) in [5, 5.41) is 0.688. The van der Waals surface area contributed by atoms with Gasteiger partial charge in [-0.05, 0) is 35.4 Å². The van der Waals surface area contributed by atoms with E-state index in [1.807, 2.05) is 17.0 Å². The van der Waals surface area contributed by atoms with Crippen molar-refractivity contribution in [2.45, 2.75) is 11.2 Å². The van der Waals surface area contributed by atoms with Gasteiger partial charge in [0, 0.05) is 26.2 Å². The van der Waals surface area contributed by atoms with Crippen LogP contribution in [0.25, 0.3) is 16.6 Å². The van der Waals surface area contributed by atoms with Crippen molar-refractivity contribution in [2.75, 3.05) is 31.9 Å². The van der Waals surface area contributed by atoms with Gasteiger partial charge in [0.05, 0.1) is 28.4 Å². The first kappa shape index (κ1) is 26.9. The van der Waals surface area contributed by atoms with Crippen molar-refractivity contribution < 1.29 is 9.18 Å². The van der Waals surface area contributed by atoms with E-state index in [0.29, 0.717) is 29.1 Å². The number of carbonyl (C=O) groups is 1. The van der Waals surface area contributed by atoms with Crippen LogP contribution in [0.15, 0.2) is 119 Å². The Morgan fingerprint density at radius 1 is 0.780 bits per heavy atom. The minimum atomic E-state index is -0.526. The average molecular weight is 565 g/mol. The highest BCUT2D eigenvalue weighted by molar-refractivity contribution is 7.99. The number of thioether (sulfide) groups is 1. The maximum Gasteiger partial charge on any atom is 0.266 e. The molecule has 1 fully saturated rings. The van der Waals surface area contributed by atoms with Crippen LogP contribution in [0.1, 0.15) is 17.2 Å². The molecular formula is C33H29FN4O2S. The lowest BCUT2D eigenvalue weighted by atomic mass is 9.96. The number of aromatic nitrogens is 2.